The van der Waals surface area contributed by atoms with E-state index in [2.05, 4.69) is 0 Å². The van der Waals surface area contributed by atoms with Gasteiger partial charge in [-0.3, -0.25) is 4.79 Å². The molecule has 98 valence electrons. The van der Waals surface area contributed by atoms with Gasteiger partial charge in [-0.05, 0) is 18.9 Å². The molecule has 0 atom stereocenters. The third-order valence-corrected chi connectivity index (χ3v) is 3.48. The number of para-hydroxylation sites is 1. The molecule has 0 radical (unpaired) electrons. The summed E-state index contributed by atoms with van der Waals surface area (Å²) in [4.78, 5) is 10.6. The zero-order chi connectivity index (χ0) is 13.0. The van der Waals surface area contributed by atoms with Crippen molar-refractivity contribution >= 4 is 5.97 Å². The predicted octanol–water partition coefficient (Wildman–Crippen LogP) is 2.22. The lowest BCUT2D eigenvalue weighted by Gasteiger charge is -2.42. The van der Waals surface area contributed by atoms with Crippen LogP contribution in [-0.2, 0) is 14.9 Å². The molecule has 18 heavy (non-hydrogen) atoms. The van der Waals surface area contributed by atoms with E-state index in [0.717, 1.165) is 17.7 Å². The first-order valence-electron chi connectivity index (χ1n) is 6.11. The van der Waals surface area contributed by atoms with Crippen molar-refractivity contribution in [1.82, 2.24) is 0 Å². The van der Waals surface area contributed by atoms with Gasteiger partial charge in [-0.25, -0.2) is 0 Å². The Morgan fingerprint density at radius 2 is 2.17 bits per heavy atom. The molecular weight excluding hydrogens is 232 g/mol. The summed E-state index contributed by atoms with van der Waals surface area (Å²) < 4.78 is 10.7. The average Bonchev–Trinajstić information content (AvgIpc) is 2.32. The van der Waals surface area contributed by atoms with Crippen LogP contribution in [0.4, 0.5) is 0 Å². The minimum atomic E-state index is -0.745. The molecule has 0 bridgehead atoms. The van der Waals surface area contributed by atoms with Crippen molar-refractivity contribution in [1.29, 1.82) is 0 Å². The van der Waals surface area contributed by atoms with Gasteiger partial charge in [0.25, 0.3) is 0 Å². The van der Waals surface area contributed by atoms with E-state index in [4.69, 9.17) is 14.6 Å². The molecule has 1 heterocycles. The van der Waals surface area contributed by atoms with Gasteiger partial charge in [-0.1, -0.05) is 18.2 Å². The Bertz CT molecular complexity index is 424. The predicted molar refractivity (Wildman–Crippen MR) is 67.0 cm³/mol. The monoisotopic (exact) mass is 250 g/mol. The molecular formula is C14H18O4. The average molecular weight is 250 g/mol. The highest BCUT2D eigenvalue weighted by atomic mass is 16.5. The molecule has 0 spiro atoms. The van der Waals surface area contributed by atoms with Crippen LogP contribution in [0.5, 0.6) is 5.75 Å². The summed E-state index contributed by atoms with van der Waals surface area (Å²) in [6, 6.07) is 7.90. The van der Waals surface area contributed by atoms with Crippen molar-refractivity contribution in [2.24, 2.45) is 0 Å². The van der Waals surface area contributed by atoms with Crippen molar-refractivity contribution in [3.8, 4) is 5.75 Å². The Kier molecular flexibility index (Phi) is 3.87. The van der Waals surface area contributed by atoms with Crippen LogP contribution in [0.25, 0.3) is 0 Å². The summed E-state index contributed by atoms with van der Waals surface area (Å²) in [6.45, 7) is 1.29. The zero-order valence-corrected chi connectivity index (χ0v) is 10.5. The van der Waals surface area contributed by atoms with Gasteiger partial charge >= 0.3 is 5.97 Å². The number of hydrogen-bond acceptors (Lipinski definition) is 3. The van der Waals surface area contributed by atoms with Gasteiger partial charge in [0.05, 0.1) is 20.3 Å². The minimum absolute atomic E-state index is 0.0674. The summed E-state index contributed by atoms with van der Waals surface area (Å²) in [6.07, 6.45) is 1.69. The third kappa shape index (κ3) is 2.48. The molecule has 1 aliphatic rings. The summed E-state index contributed by atoms with van der Waals surface area (Å²) in [7, 11) is 1.66. The number of aliphatic carboxylic acids is 1. The number of ether oxygens (including phenoxy) is 2. The fourth-order valence-electron chi connectivity index (χ4n) is 2.44. The zero-order valence-electron chi connectivity index (χ0n) is 10.5. The Morgan fingerprint density at radius 3 is 2.72 bits per heavy atom. The first kappa shape index (κ1) is 12.9. The van der Waals surface area contributed by atoms with Crippen LogP contribution < -0.4 is 4.74 Å². The van der Waals surface area contributed by atoms with Crippen LogP contribution in [0, 0.1) is 0 Å². The number of methoxy groups -OCH3 is 1. The maximum Gasteiger partial charge on any atom is 0.303 e. The van der Waals surface area contributed by atoms with E-state index in [1.54, 1.807) is 7.11 Å². The second kappa shape index (κ2) is 5.40. The van der Waals surface area contributed by atoms with Gasteiger partial charge in [-0.15, -0.1) is 0 Å². The molecule has 0 saturated carbocycles. The van der Waals surface area contributed by atoms with E-state index in [-0.39, 0.29) is 11.8 Å². The van der Waals surface area contributed by atoms with Gasteiger partial charge in [-0.2, -0.15) is 0 Å². The number of benzene rings is 1. The van der Waals surface area contributed by atoms with E-state index in [1.165, 1.54) is 0 Å². The Morgan fingerprint density at radius 1 is 1.44 bits per heavy atom. The second-order valence-electron chi connectivity index (χ2n) is 4.72. The van der Waals surface area contributed by atoms with Crippen LogP contribution >= 0.6 is 0 Å². The highest BCUT2D eigenvalue weighted by molar-refractivity contribution is 5.66. The SMILES string of the molecule is COc1ccccc1C1(CCCC(=O)O)COC1. The van der Waals surface area contributed by atoms with E-state index in [0.29, 0.717) is 19.6 Å². The first-order chi connectivity index (χ1) is 8.68. The Labute approximate surface area is 107 Å². The van der Waals surface area contributed by atoms with Crippen molar-refractivity contribution in [2.75, 3.05) is 20.3 Å². The summed E-state index contributed by atoms with van der Waals surface area (Å²) in [5.74, 6) is 0.113. The van der Waals surface area contributed by atoms with Gasteiger partial charge < -0.3 is 14.6 Å². The first-order valence-corrected chi connectivity index (χ1v) is 6.11. The number of rotatable bonds is 6. The molecule has 0 aliphatic carbocycles. The fraction of sp³-hybridized carbons (Fsp3) is 0.500. The molecule has 0 aromatic heterocycles. The van der Waals surface area contributed by atoms with Crippen molar-refractivity contribution in [2.45, 2.75) is 24.7 Å². The molecule has 4 nitrogen and oxygen atoms in total. The Balaban J connectivity index is 2.13. The lowest BCUT2D eigenvalue weighted by molar-refractivity contribution is -0.137. The topological polar surface area (TPSA) is 55.8 Å². The number of carboxylic acid groups (broad SMARTS) is 1. The summed E-state index contributed by atoms with van der Waals surface area (Å²) >= 11 is 0. The maximum absolute atomic E-state index is 10.6. The lowest BCUT2D eigenvalue weighted by atomic mass is 9.74. The van der Waals surface area contributed by atoms with E-state index < -0.39 is 5.97 Å². The standard InChI is InChI=1S/C14H18O4/c1-17-12-6-3-2-5-11(12)14(9-18-10-14)8-4-7-13(15)16/h2-3,5-6H,4,7-10H2,1H3,(H,15,16). The summed E-state index contributed by atoms with van der Waals surface area (Å²) in [5.41, 5.74) is 1.06. The molecule has 0 unspecified atom stereocenters. The smallest absolute Gasteiger partial charge is 0.303 e. The van der Waals surface area contributed by atoms with Gasteiger partial charge in [0.15, 0.2) is 0 Å². The van der Waals surface area contributed by atoms with Crippen LogP contribution in [-0.4, -0.2) is 31.4 Å². The quantitative estimate of drug-likeness (QED) is 0.841. The van der Waals surface area contributed by atoms with E-state index >= 15 is 0 Å². The van der Waals surface area contributed by atoms with Crippen LogP contribution in [0.15, 0.2) is 24.3 Å². The van der Waals surface area contributed by atoms with Crippen LogP contribution in [0.3, 0.4) is 0 Å². The molecule has 4 heteroatoms. The number of hydrogen-bond donors (Lipinski definition) is 1. The Hall–Kier alpha value is -1.55. The van der Waals surface area contributed by atoms with Crippen LogP contribution in [0.1, 0.15) is 24.8 Å². The fourth-order valence-corrected chi connectivity index (χ4v) is 2.44. The second-order valence-corrected chi connectivity index (χ2v) is 4.72. The molecule has 1 aromatic carbocycles. The van der Waals surface area contributed by atoms with Crippen LogP contribution in [0.2, 0.25) is 0 Å². The summed E-state index contributed by atoms with van der Waals surface area (Å²) in [5, 5.41) is 8.72. The number of carboxylic acids is 1. The van der Waals surface area contributed by atoms with Crippen molar-refractivity contribution in [3.05, 3.63) is 29.8 Å². The largest absolute Gasteiger partial charge is 0.496 e. The highest BCUT2D eigenvalue weighted by Gasteiger charge is 2.41. The molecule has 2 rings (SSSR count). The van der Waals surface area contributed by atoms with Crippen molar-refractivity contribution < 1.29 is 19.4 Å². The molecule has 1 fully saturated rings. The molecule has 1 aromatic rings. The normalized spacial score (nSPS) is 16.9. The molecule has 1 N–H and O–H groups in total. The minimum Gasteiger partial charge on any atom is -0.496 e. The molecule has 1 aliphatic heterocycles. The van der Waals surface area contributed by atoms with Crippen molar-refractivity contribution in [3.63, 3.8) is 0 Å². The third-order valence-electron chi connectivity index (χ3n) is 3.48. The molecule has 0 amide bonds. The van der Waals surface area contributed by atoms with Gasteiger partial charge in [0.1, 0.15) is 5.75 Å². The highest BCUT2D eigenvalue weighted by Crippen LogP contribution is 2.41. The van der Waals surface area contributed by atoms with E-state index in [9.17, 15) is 4.79 Å². The number of carbonyl (C=O) groups is 1. The van der Waals surface area contributed by atoms with Gasteiger partial charge in [0, 0.05) is 17.4 Å². The maximum atomic E-state index is 10.6. The van der Waals surface area contributed by atoms with Gasteiger partial charge in [0.2, 0.25) is 0 Å². The molecule has 1 saturated heterocycles. The lowest BCUT2D eigenvalue weighted by Crippen LogP contribution is -2.47. The van der Waals surface area contributed by atoms with E-state index in [1.807, 2.05) is 24.3 Å².